The molecule has 0 bridgehead atoms. The summed E-state index contributed by atoms with van der Waals surface area (Å²) in [5.41, 5.74) is 0.622. The van der Waals surface area contributed by atoms with Crippen LogP contribution in [0, 0.1) is 11.6 Å². The molecule has 3 rings (SSSR count). The number of aliphatic hydroxyl groups excluding tert-OH is 1. The Morgan fingerprint density at radius 3 is 2.69 bits per heavy atom. The van der Waals surface area contributed by atoms with E-state index in [2.05, 4.69) is 5.32 Å². The summed E-state index contributed by atoms with van der Waals surface area (Å²) in [5.74, 6) is -3.32. The van der Waals surface area contributed by atoms with E-state index in [-0.39, 0.29) is 29.7 Å². The minimum Gasteiger partial charge on any atom is -0.503 e. The van der Waals surface area contributed by atoms with E-state index in [4.69, 9.17) is 4.74 Å². The standard InChI is InChI=1S/C22H25F2N3O5/c1-4-26-21(31)19(18(29)11-28)27-16(7-8-17(27)22(26)32-3)12(2)20(30)25-10-13-5-6-14(23)9-15(13)24/h5-6,9,11,17,22,29H,4,7-8,10H2,1-3H3,(H,25,30)/b16-12+,19-18+. The Kier molecular flexibility index (Phi) is 6.93. The van der Waals surface area contributed by atoms with Crippen LogP contribution in [0.1, 0.15) is 32.3 Å². The van der Waals surface area contributed by atoms with Crippen molar-refractivity contribution in [2.75, 3.05) is 13.7 Å². The molecule has 0 spiro atoms. The van der Waals surface area contributed by atoms with E-state index in [1.54, 1.807) is 13.8 Å². The Morgan fingerprint density at radius 2 is 2.09 bits per heavy atom. The summed E-state index contributed by atoms with van der Waals surface area (Å²) in [4.78, 5) is 40.0. The van der Waals surface area contributed by atoms with E-state index >= 15 is 0 Å². The van der Waals surface area contributed by atoms with Gasteiger partial charge in [-0.2, -0.15) is 0 Å². The van der Waals surface area contributed by atoms with Crippen molar-refractivity contribution in [2.24, 2.45) is 0 Å². The number of aliphatic hydroxyl groups is 1. The van der Waals surface area contributed by atoms with Crippen molar-refractivity contribution in [2.45, 2.75) is 45.5 Å². The van der Waals surface area contributed by atoms with Crippen molar-refractivity contribution in [3.8, 4) is 0 Å². The number of fused-ring (bicyclic) bond motifs is 1. The van der Waals surface area contributed by atoms with Crippen molar-refractivity contribution >= 4 is 18.1 Å². The first-order valence-electron chi connectivity index (χ1n) is 10.2. The number of allylic oxidation sites excluding steroid dienone is 2. The van der Waals surface area contributed by atoms with Gasteiger partial charge in [0.05, 0.1) is 6.04 Å². The van der Waals surface area contributed by atoms with Crippen LogP contribution in [0.3, 0.4) is 0 Å². The summed E-state index contributed by atoms with van der Waals surface area (Å²) in [6, 6.07) is 2.67. The molecule has 2 aliphatic heterocycles. The van der Waals surface area contributed by atoms with Crippen LogP contribution in [0.5, 0.6) is 0 Å². The zero-order valence-electron chi connectivity index (χ0n) is 18.0. The van der Waals surface area contributed by atoms with Crippen molar-refractivity contribution in [1.82, 2.24) is 15.1 Å². The summed E-state index contributed by atoms with van der Waals surface area (Å²) in [5, 5.41) is 12.8. The molecule has 10 heteroatoms. The number of nitrogens with zero attached hydrogens (tertiary/aromatic N) is 2. The Morgan fingerprint density at radius 1 is 1.38 bits per heavy atom. The maximum absolute atomic E-state index is 13.9. The van der Waals surface area contributed by atoms with Crippen LogP contribution in [-0.4, -0.2) is 58.9 Å². The molecule has 1 aromatic carbocycles. The molecule has 0 radical (unpaired) electrons. The highest BCUT2D eigenvalue weighted by Gasteiger charge is 2.49. The van der Waals surface area contributed by atoms with Gasteiger partial charge >= 0.3 is 0 Å². The number of halogens is 2. The Labute approximate surface area is 184 Å². The molecule has 2 atom stereocenters. The van der Waals surface area contributed by atoms with Gasteiger partial charge < -0.3 is 25.0 Å². The van der Waals surface area contributed by atoms with E-state index in [0.29, 0.717) is 25.1 Å². The van der Waals surface area contributed by atoms with E-state index in [0.717, 1.165) is 12.1 Å². The molecule has 2 fully saturated rings. The highest BCUT2D eigenvalue weighted by Crippen LogP contribution is 2.41. The molecule has 0 aliphatic carbocycles. The number of amides is 2. The minimum atomic E-state index is -0.776. The van der Waals surface area contributed by atoms with E-state index in [1.165, 1.54) is 23.0 Å². The molecule has 2 aliphatic rings. The second-order valence-electron chi connectivity index (χ2n) is 7.54. The predicted molar refractivity (Wildman–Crippen MR) is 110 cm³/mol. The molecule has 2 saturated heterocycles. The molecule has 2 N–H and O–H groups in total. The number of benzene rings is 1. The molecule has 0 aromatic heterocycles. The first kappa shape index (κ1) is 23.4. The number of methoxy groups -OCH3 is 1. The van der Waals surface area contributed by atoms with Crippen molar-refractivity contribution in [3.05, 3.63) is 58.1 Å². The van der Waals surface area contributed by atoms with E-state index < -0.39 is 41.5 Å². The number of likely N-dealkylation sites (N-methyl/N-ethyl adjacent to an activating group) is 1. The summed E-state index contributed by atoms with van der Waals surface area (Å²) in [6.45, 7) is 3.44. The maximum Gasteiger partial charge on any atom is 0.276 e. The third-order valence-corrected chi connectivity index (χ3v) is 5.80. The summed E-state index contributed by atoms with van der Waals surface area (Å²) < 4.78 is 32.5. The van der Waals surface area contributed by atoms with Crippen LogP contribution >= 0.6 is 0 Å². The van der Waals surface area contributed by atoms with Crippen molar-refractivity contribution in [3.63, 3.8) is 0 Å². The molecule has 1 aromatic rings. The highest BCUT2D eigenvalue weighted by molar-refractivity contribution is 6.00. The molecule has 2 heterocycles. The second kappa shape index (κ2) is 9.47. The maximum atomic E-state index is 13.9. The number of aldehydes is 1. The topological polar surface area (TPSA) is 99.2 Å². The van der Waals surface area contributed by atoms with Gasteiger partial charge in [0, 0.05) is 43.1 Å². The van der Waals surface area contributed by atoms with Crippen molar-refractivity contribution in [1.29, 1.82) is 0 Å². The van der Waals surface area contributed by atoms with Gasteiger partial charge in [-0.3, -0.25) is 14.4 Å². The normalized spacial score (nSPS) is 23.7. The molecule has 2 unspecified atom stereocenters. The van der Waals surface area contributed by atoms with Gasteiger partial charge in [-0.25, -0.2) is 8.78 Å². The SMILES string of the molecule is CCN1C(=O)/C(=C(\O)C=O)N2/C(=C(\C)C(=O)NCc3ccc(F)cc3F)CCC2C1OC. The Balaban J connectivity index is 1.93. The fourth-order valence-electron chi connectivity index (χ4n) is 4.24. The molecular weight excluding hydrogens is 424 g/mol. The number of piperazine rings is 1. The zero-order valence-corrected chi connectivity index (χ0v) is 18.0. The van der Waals surface area contributed by atoms with Crippen LogP contribution in [-0.2, 0) is 25.7 Å². The summed E-state index contributed by atoms with van der Waals surface area (Å²) >= 11 is 0. The largest absolute Gasteiger partial charge is 0.503 e. The quantitative estimate of drug-likeness (QED) is 0.392. The van der Waals surface area contributed by atoms with E-state index in [9.17, 15) is 28.3 Å². The number of ether oxygens (including phenoxy) is 1. The van der Waals surface area contributed by atoms with Crippen LogP contribution in [0.2, 0.25) is 0 Å². The minimum absolute atomic E-state index is 0.118. The number of carbonyl (C=O) groups excluding carboxylic acids is 3. The lowest BCUT2D eigenvalue weighted by molar-refractivity contribution is -0.154. The van der Waals surface area contributed by atoms with Gasteiger partial charge in [-0.15, -0.1) is 0 Å². The number of nitrogens with one attached hydrogen (secondary N) is 1. The summed E-state index contributed by atoms with van der Waals surface area (Å²) in [6.07, 6.45) is 0.477. The van der Waals surface area contributed by atoms with Crippen LogP contribution in [0.25, 0.3) is 0 Å². The molecule has 0 saturated carbocycles. The third-order valence-electron chi connectivity index (χ3n) is 5.80. The van der Waals surface area contributed by atoms with Gasteiger partial charge in [0.25, 0.3) is 5.91 Å². The molecule has 32 heavy (non-hydrogen) atoms. The van der Waals surface area contributed by atoms with Gasteiger partial charge in [0.2, 0.25) is 5.91 Å². The fourth-order valence-corrected chi connectivity index (χ4v) is 4.24. The smallest absolute Gasteiger partial charge is 0.276 e. The third kappa shape index (κ3) is 4.10. The summed E-state index contributed by atoms with van der Waals surface area (Å²) in [7, 11) is 1.46. The molecule has 172 valence electrons. The Hall–Kier alpha value is -3.27. The molecule has 2 amide bonds. The van der Waals surface area contributed by atoms with Crippen molar-refractivity contribution < 1.29 is 33.0 Å². The second-order valence-corrected chi connectivity index (χ2v) is 7.54. The van der Waals surface area contributed by atoms with Gasteiger partial charge in [-0.1, -0.05) is 6.07 Å². The van der Waals surface area contributed by atoms with Crippen LogP contribution in [0.15, 0.2) is 40.9 Å². The lowest BCUT2D eigenvalue weighted by atomic mass is 10.1. The van der Waals surface area contributed by atoms with Gasteiger partial charge in [0.15, 0.2) is 24.0 Å². The number of carbonyl (C=O) groups is 3. The number of hydrogen-bond acceptors (Lipinski definition) is 6. The average molecular weight is 449 g/mol. The van der Waals surface area contributed by atoms with Gasteiger partial charge in [0.1, 0.15) is 11.6 Å². The van der Waals surface area contributed by atoms with Gasteiger partial charge in [-0.05, 0) is 32.8 Å². The zero-order chi connectivity index (χ0) is 23.6. The monoisotopic (exact) mass is 449 g/mol. The molecule has 8 nitrogen and oxygen atoms in total. The number of hydrogen-bond donors (Lipinski definition) is 2. The average Bonchev–Trinajstić information content (AvgIpc) is 3.20. The highest BCUT2D eigenvalue weighted by atomic mass is 19.1. The fraction of sp³-hybridized carbons (Fsp3) is 0.409. The predicted octanol–water partition coefficient (Wildman–Crippen LogP) is 2.12. The first-order chi connectivity index (χ1) is 15.2. The Bertz CT molecular complexity index is 1010. The first-order valence-corrected chi connectivity index (χ1v) is 10.2. The lowest BCUT2D eigenvalue weighted by Gasteiger charge is -2.45. The van der Waals surface area contributed by atoms with Crippen LogP contribution in [0.4, 0.5) is 8.78 Å². The van der Waals surface area contributed by atoms with E-state index in [1.807, 2.05) is 0 Å². The number of rotatable bonds is 6. The van der Waals surface area contributed by atoms with Crippen LogP contribution < -0.4 is 5.32 Å². The molecular formula is C22H25F2N3O5. The lowest BCUT2D eigenvalue weighted by Crippen LogP contribution is -2.59.